The minimum absolute atomic E-state index is 0.176. The van der Waals surface area contributed by atoms with Gasteiger partial charge in [-0.3, -0.25) is 0 Å². The molecule has 0 aromatic rings. The summed E-state index contributed by atoms with van der Waals surface area (Å²) in [7, 11) is 11.8. The Hall–Kier alpha value is -0.457. The van der Waals surface area contributed by atoms with Gasteiger partial charge in [-0.25, -0.2) is 0 Å². The van der Waals surface area contributed by atoms with Crippen LogP contribution in [0.1, 0.15) is 27.7 Å². The van der Waals surface area contributed by atoms with E-state index in [2.05, 4.69) is 0 Å². The van der Waals surface area contributed by atoms with Crippen LogP contribution in [0.25, 0.3) is 0 Å². The van der Waals surface area contributed by atoms with Gasteiger partial charge in [-0.1, -0.05) is 0 Å². The summed E-state index contributed by atoms with van der Waals surface area (Å²) in [5.74, 6) is 0.228. The van der Waals surface area contributed by atoms with Crippen LogP contribution >= 0.6 is 20.0 Å². The molecule has 0 aliphatic heterocycles. The number of rotatable bonds is 6. The number of hydrogen-bond acceptors (Lipinski definition) is 4. The van der Waals surface area contributed by atoms with E-state index in [-0.39, 0.29) is 23.1 Å². The third kappa shape index (κ3) is 9.26. The zero-order chi connectivity index (χ0) is 13.6. The van der Waals surface area contributed by atoms with Crippen LogP contribution in [0.3, 0.4) is 0 Å². The number of ketones is 2. The van der Waals surface area contributed by atoms with E-state index in [4.69, 9.17) is 27.5 Å². The number of carbonyl (C=O) groups is 2. The topological polar surface area (TPSA) is 52.6 Å². The second-order valence-electron chi connectivity index (χ2n) is 3.40. The van der Waals surface area contributed by atoms with Gasteiger partial charge >= 0.3 is 112 Å². The first-order chi connectivity index (χ1) is 7.62. The van der Waals surface area contributed by atoms with Crippen molar-refractivity contribution >= 4 is 43.7 Å². The molecule has 0 atom stereocenters. The predicted molar refractivity (Wildman–Crippen MR) is 68.5 cm³/mol. The van der Waals surface area contributed by atoms with Crippen LogP contribution in [0.15, 0.2) is 23.7 Å². The summed E-state index contributed by atoms with van der Waals surface area (Å²) in [6, 6.07) is 0. The molecule has 0 amide bonds. The van der Waals surface area contributed by atoms with Crippen LogP contribution in [0, 0.1) is 0 Å². The number of halogens is 2. The second-order valence-corrected chi connectivity index (χ2v) is 12.4. The monoisotopic (exact) mass is 342 g/mol. The Bertz CT molecular complexity index is 341. The molecule has 0 N–H and O–H groups in total. The normalized spacial score (nSPS) is 13.3. The fourth-order valence-electron chi connectivity index (χ4n) is 1.03. The summed E-state index contributed by atoms with van der Waals surface area (Å²) in [4.78, 5) is 21.6. The zero-order valence-electron chi connectivity index (χ0n) is 10.0. The van der Waals surface area contributed by atoms with Crippen molar-refractivity contribution in [1.29, 1.82) is 0 Å². The average Bonchev–Trinajstić information content (AvgIpc) is 1.95. The maximum absolute atomic E-state index is 10.8. The summed E-state index contributed by atoms with van der Waals surface area (Å²) in [5.41, 5.74) is 0. The van der Waals surface area contributed by atoms with Crippen LogP contribution < -0.4 is 0 Å². The van der Waals surface area contributed by atoms with Gasteiger partial charge in [0.15, 0.2) is 0 Å². The number of carbonyl (C=O) groups excluding carboxylic acids is 2. The molecule has 0 bridgehead atoms. The quantitative estimate of drug-likeness (QED) is 0.423. The molecule has 0 aliphatic carbocycles. The van der Waals surface area contributed by atoms with Crippen LogP contribution in [0.5, 0.6) is 0 Å². The Labute approximate surface area is 112 Å². The van der Waals surface area contributed by atoms with E-state index < -0.39 is 12.1 Å². The van der Waals surface area contributed by atoms with Crippen LogP contribution in [0.2, 0.25) is 0 Å². The first kappa shape index (κ1) is 16.5. The molecule has 0 saturated carbocycles. The third-order valence-electron chi connectivity index (χ3n) is 1.37. The van der Waals surface area contributed by atoms with Crippen molar-refractivity contribution in [2.45, 2.75) is 27.7 Å². The van der Waals surface area contributed by atoms with E-state index >= 15 is 0 Å². The van der Waals surface area contributed by atoms with E-state index in [0.29, 0.717) is 0 Å². The second kappa shape index (κ2) is 7.08. The molecule has 96 valence electrons. The summed E-state index contributed by atoms with van der Waals surface area (Å²) in [5, 5.41) is 0. The molecule has 0 heterocycles. The van der Waals surface area contributed by atoms with Crippen LogP contribution in [-0.2, 0) is 17.1 Å². The van der Waals surface area contributed by atoms with Crippen molar-refractivity contribution in [2.75, 3.05) is 0 Å². The predicted octanol–water partition coefficient (Wildman–Crippen LogP) is 2.92. The molecule has 17 heavy (non-hydrogen) atoms. The maximum atomic E-state index is 10.8. The Balaban J connectivity index is 4.59. The van der Waals surface area contributed by atoms with Crippen molar-refractivity contribution < 1.29 is 17.1 Å². The fraction of sp³-hybridized carbons (Fsp3) is 0.400. The van der Waals surface area contributed by atoms with Gasteiger partial charge in [-0.15, -0.1) is 0 Å². The molecule has 0 spiro atoms. The van der Waals surface area contributed by atoms with Crippen molar-refractivity contribution in [2.24, 2.45) is 0 Å². The molecule has 0 aromatic carbocycles. The van der Waals surface area contributed by atoms with Gasteiger partial charge in [0.2, 0.25) is 0 Å². The molecule has 7 heteroatoms. The molecular weight excluding hydrogens is 328 g/mol. The van der Waals surface area contributed by atoms with Gasteiger partial charge in [0.25, 0.3) is 0 Å². The molecule has 0 radical (unpaired) electrons. The third-order valence-corrected chi connectivity index (χ3v) is 5.32. The van der Waals surface area contributed by atoms with E-state index in [1.165, 1.54) is 26.0 Å². The van der Waals surface area contributed by atoms with Crippen molar-refractivity contribution in [3.05, 3.63) is 23.7 Å². The van der Waals surface area contributed by atoms with Crippen molar-refractivity contribution in [3.8, 4) is 0 Å². The fourth-order valence-corrected chi connectivity index (χ4v) is 5.46. The first-order valence-electron chi connectivity index (χ1n) is 4.76. The van der Waals surface area contributed by atoms with E-state index in [9.17, 15) is 9.59 Å². The molecule has 4 nitrogen and oxygen atoms in total. The van der Waals surface area contributed by atoms with Crippen molar-refractivity contribution in [1.82, 2.24) is 0 Å². The van der Waals surface area contributed by atoms with E-state index in [0.717, 1.165) is 0 Å². The molecule has 0 saturated heterocycles. The minimum atomic E-state index is -3.98. The Morgan fingerprint density at radius 2 is 1.18 bits per heavy atom. The number of allylic oxidation sites excluding steroid dienone is 4. The summed E-state index contributed by atoms with van der Waals surface area (Å²) >= 11 is -3.98. The first-order valence-corrected chi connectivity index (χ1v) is 12.0. The Morgan fingerprint density at radius 1 is 0.882 bits per heavy atom. The molecule has 0 aromatic heterocycles. The Kier molecular flexibility index (Phi) is 6.89. The average molecular weight is 342 g/mol. The molecule has 0 rings (SSSR count). The summed E-state index contributed by atoms with van der Waals surface area (Å²) in [6.45, 7) is 5.87. The van der Waals surface area contributed by atoms with Gasteiger partial charge in [0, 0.05) is 0 Å². The SMILES string of the molecule is CC(=O)/C=C(\C)[O][Ge]([Cl])([Cl])[O]/C(C)=C/C(C)=O. The molecule has 0 fully saturated rings. The summed E-state index contributed by atoms with van der Waals surface area (Å²) < 4.78 is 10.4. The van der Waals surface area contributed by atoms with Gasteiger partial charge in [0.05, 0.1) is 0 Å². The number of hydrogen-bond donors (Lipinski definition) is 0. The van der Waals surface area contributed by atoms with Gasteiger partial charge in [0.1, 0.15) is 0 Å². The van der Waals surface area contributed by atoms with Gasteiger partial charge in [-0.05, 0) is 0 Å². The standard InChI is InChI=1S/C10H14Cl2GeO4/c1-7(14)5-9(3)16-13(11,12)17-10(4)6-8(2)15/h5-6H,1-4H3/b9-5+,10-6+. The molecule has 0 aliphatic rings. The van der Waals surface area contributed by atoms with Crippen LogP contribution in [0.4, 0.5) is 0 Å². The Morgan fingerprint density at radius 3 is 1.41 bits per heavy atom. The van der Waals surface area contributed by atoms with Crippen molar-refractivity contribution in [3.63, 3.8) is 0 Å². The van der Waals surface area contributed by atoms with E-state index in [1.807, 2.05) is 0 Å². The summed E-state index contributed by atoms with van der Waals surface area (Å²) in [6.07, 6.45) is 2.52. The van der Waals surface area contributed by atoms with Gasteiger partial charge < -0.3 is 0 Å². The van der Waals surface area contributed by atoms with Gasteiger partial charge in [-0.2, -0.15) is 0 Å². The molecule has 0 unspecified atom stereocenters. The van der Waals surface area contributed by atoms with Crippen LogP contribution in [-0.4, -0.2) is 23.6 Å². The van der Waals surface area contributed by atoms with E-state index in [1.54, 1.807) is 13.8 Å². The molecular formula is C10H14Cl2GeO4. The zero-order valence-corrected chi connectivity index (χ0v) is 13.7.